The van der Waals surface area contributed by atoms with E-state index < -0.39 is 19.7 Å². The van der Waals surface area contributed by atoms with E-state index in [0.29, 0.717) is 28.4 Å². The molecule has 26 heavy (non-hydrogen) atoms. The Morgan fingerprint density at radius 3 is 2.65 bits per heavy atom. The summed E-state index contributed by atoms with van der Waals surface area (Å²) in [6.07, 6.45) is 0.234. The molecule has 7 nitrogen and oxygen atoms in total. The van der Waals surface area contributed by atoms with E-state index >= 15 is 0 Å². The third-order valence-electron chi connectivity index (χ3n) is 3.85. The Bertz CT molecular complexity index is 931. The van der Waals surface area contributed by atoms with Gasteiger partial charge in [-0.25, -0.2) is 4.39 Å². The van der Waals surface area contributed by atoms with Gasteiger partial charge in [-0.05, 0) is 24.3 Å². The Balaban J connectivity index is 0.00000196. The summed E-state index contributed by atoms with van der Waals surface area (Å²) < 4.78 is 40.7. The predicted molar refractivity (Wildman–Crippen MR) is 84.2 cm³/mol. The van der Waals surface area contributed by atoms with E-state index in [1.807, 2.05) is 0 Å². The molecule has 0 aliphatic carbocycles. The smallest absolute Gasteiger partial charge is 0.756 e. The first-order valence-electron chi connectivity index (χ1n) is 7.30. The summed E-state index contributed by atoms with van der Waals surface area (Å²) in [5.41, 5.74) is 1.42. The standard InChI is InChI=1S/C16H13FNO6P.Na/c17-11-4-2-1-3-9(11)12-6-14(24-25(19,20)21)10-5-15-16(23-8-22-15)7-13(10)18-12;/h1-7,14,18H,8H2,(H2,19,20,21);/q;+1/p-1. The van der Waals surface area contributed by atoms with Crippen LogP contribution in [-0.2, 0) is 9.09 Å². The van der Waals surface area contributed by atoms with Crippen molar-refractivity contribution in [2.45, 2.75) is 6.10 Å². The van der Waals surface area contributed by atoms with E-state index in [-0.39, 0.29) is 41.9 Å². The van der Waals surface area contributed by atoms with Crippen LogP contribution < -0.4 is 49.2 Å². The van der Waals surface area contributed by atoms with Crippen molar-refractivity contribution in [3.8, 4) is 11.5 Å². The Morgan fingerprint density at radius 1 is 1.27 bits per heavy atom. The number of benzene rings is 2. The van der Waals surface area contributed by atoms with Crippen LogP contribution in [0.25, 0.3) is 5.70 Å². The van der Waals surface area contributed by atoms with Gasteiger partial charge in [0.25, 0.3) is 7.82 Å². The fraction of sp³-hybridized carbons (Fsp3) is 0.125. The molecule has 130 valence electrons. The van der Waals surface area contributed by atoms with Gasteiger partial charge < -0.3 is 29.1 Å². The average Bonchev–Trinajstić information content (AvgIpc) is 2.99. The fourth-order valence-electron chi connectivity index (χ4n) is 2.80. The van der Waals surface area contributed by atoms with Crippen LogP contribution in [0.15, 0.2) is 42.5 Å². The minimum Gasteiger partial charge on any atom is -0.756 e. The summed E-state index contributed by atoms with van der Waals surface area (Å²) >= 11 is 0. The molecule has 2 aliphatic heterocycles. The van der Waals surface area contributed by atoms with E-state index in [4.69, 9.17) is 18.9 Å². The molecule has 2 aromatic carbocycles. The van der Waals surface area contributed by atoms with Crippen molar-refractivity contribution < 1.29 is 62.3 Å². The van der Waals surface area contributed by atoms with E-state index in [9.17, 15) is 13.8 Å². The Kier molecular flexibility index (Phi) is 5.46. The van der Waals surface area contributed by atoms with Gasteiger partial charge in [0.2, 0.25) is 6.79 Å². The second-order valence-corrected chi connectivity index (χ2v) is 6.62. The normalized spacial score (nSPS) is 19.5. The number of phosphoric ester groups is 1. The van der Waals surface area contributed by atoms with Gasteiger partial charge in [-0.1, -0.05) is 12.1 Å². The molecular weight excluding hydrogens is 375 g/mol. The number of phosphoric acid groups is 1. The largest absolute Gasteiger partial charge is 1.00 e. The molecule has 2 aliphatic rings. The summed E-state index contributed by atoms with van der Waals surface area (Å²) in [7, 11) is -5.03. The number of rotatable bonds is 3. The Labute approximate surface area is 170 Å². The molecule has 2 aromatic rings. The Morgan fingerprint density at radius 2 is 1.96 bits per heavy atom. The van der Waals surface area contributed by atoms with Crippen LogP contribution in [-0.4, -0.2) is 11.7 Å². The van der Waals surface area contributed by atoms with Gasteiger partial charge in [-0.2, -0.15) is 0 Å². The topological polar surface area (TPSA) is 100 Å². The number of halogens is 1. The second-order valence-electron chi connectivity index (χ2n) is 5.47. The van der Waals surface area contributed by atoms with Crippen molar-refractivity contribution >= 4 is 19.2 Å². The molecule has 0 aromatic heterocycles. The van der Waals surface area contributed by atoms with Gasteiger partial charge in [0.15, 0.2) is 11.5 Å². The van der Waals surface area contributed by atoms with Crippen LogP contribution in [0.2, 0.25) is 0 Å². The molecule has 10 heteroatoms. The Hall–Kier alpha value is -1.38. The SMILES string of the molecule is O=P([O-])(O)OC1C=C(c2ccccc2F)Nc2cc3c(cc21)OCO3.[Na+]. The molecule has 2 atom stereocenters. The maximum atomic E-state index is 14.1. The van der Waals surface area contributed by atoms with Gasteiger partial charge in [-0.3, -0.25) is 4.57 Å². The number of nitrogens with one attached hydrogen (secondary N) is 1. The summed E-state index contributed by atoms with van der Waals surface area (Å²) in [5.74, 6) is 0.406. The third-order valence-corrected chi connectivity index (χ3v) is 4.34. The summed E-state index contributed by atoms with van der Waals surface area (Å²) in [6.45, 7) is 0.0391. The molecule has 0 radical (unpaired) electrons. The van der Waals surface area contributed by atoms with Gasteiger partial charge in [-0.15, -0.1) is 0 Å². The number of ether oxygens (including phenoxy) is 2. The van der Waals surface area contributed by atoms with Crippen molar-refractivity contribution in [1.29, 1.82) is 0 Å². The molecule has 0 spiro atoms. The number of anilines is 1. The van der Waals surface area contributed by atoms with Crippen molar-refractivity contribution in [2.75, 3.05) is 12.1 Å². The van der Waals surface area contributed by atoms with Crippen molar-refractivity contribution in [2.24, 2.45) is 0 Å². The first-order chi connectivity index (χ1) is 11.9. The molecule has 0 saturated carbocycles. The molecule has 2 N–H and O–H groups in total. The van der Waals surface area contributed by atoms with Gasteiger partial charge >= 0.3 is 29.6 Å². The minimum atomic E-state index is -5.03. The first kappa shape index (κ1) is 19.4. The summed E-state index contributed by atoms with van der Waals surface area (Å²) in [4.78, 5) is 20.3. The van der Waals surface area contributed by atoms with Crippen LogP contribution in [0.4, 0.5) is 10.1 Å². The van der Waals surface area contributed by atoms with Crippen LogP contribution in [0.5, 0.6) is 11.5 Å². The molecule has 2 heterocycles. The number of hydrogen-bond acceptors (Lipinski definition) is 6. The number of hydrogen-bond donors (Lipinski definition) is 2. The van der Waals surface area contributed by atoms with Crippen LogP contribution in [0.3, 0.4) is 0 Å². The van der Waals surface area contributed by atoms with E-state index in [1.54, 1.807) is 30.3 Å². The van der Waals surface area contributed by atoms with Gasteiger partial charge in [0, 0.05) is 28.6 Å². The molecular formula is C16H12FNNaO6P. The van der Waals surface area contributed by atoms with Crippen molar-refractivity contribution in [3.63, 3.8) is 0 Å². The zero-order chi connectivity index (χ0) is 17.6. The van der Waals surface area contributed by atoms with Crippen molar-refractivity contribution in [3.05, 3.63) is 59.4 Å². The van der Waals surface area contributed by atoms with E-state index in [0.717, 1.165) is 0 Å². The molecule has 0 saturated heterocycles. The van der Waals surface area contributed by atoms with E-state index in [1.165, 1.54) is 12.1 Å². The zero-order valence-electron chi connectivity index (χ0n) is 13.6. The third kappa shape index (κ3) is 3.82. The average molecular weight is 387 g/mol. The second kappa shape index (κ2) is 7.32. The minimum absolute atomic E-state index is 0. The monoisotopic (exact) mass is 387 g/mol. The van der Waals surface area contributed by atoms with Crippen LogP contribution in [0, 0.1) is 5.82 Å². The van der Waals surface area contributed by atoms with Crippen LogP contribution >= 0.6 is 7.82 Å². The summed E-state index contributed by atoms with van der Waals surface area (Å²) in [6, 6.07) is 9.18. The molecule has 0 fully saturated rings. The van der Waals surface area contributed by atoms with Crippen molar-refractivity contribution in [1.82, 2.24) is 0 Å². The molecule has 4 rings (SSSR count). The molecule has 0 bridgehead atoms. The van der Waals surface area contributed by atoms with Gasteiger partial charge in [0.05, 0.1) is 0 Å². The molecule has 0 amide bonds. The molecule has 2 unspecified atom stereocenters. The zero-order valence-corrected chi connectivity index (χ0v) is 16.5. The predicted octanol–water partition coefficient (Wildman–Crippen LogP) is -0.457. The first-order valence-corrected chi connectivity index (χ1v) is 8.80. The van der Waals surface area contributed by atoms with Crippen LogP contribution in [0.1, 0.15) is 17.2 Å². The maximum absolute atomic E-state index is 14.1. The number of fused-ring (bicyclic) bond motifs is 2. The quantitative estimate of drug-likeness (QED) is 0.543. The fourth-order valence-corrected chi connectivity index (χ4v) is 3.26. The van der Waals surface area contributed by atoms with Gasteiger partial charge in [0.1, 0.15) is 11.9 Å². The summed E-state index contributed by atoms with van der Waals surface area (Å²) in [5, 5.41) is 3.03. The maximum Gasteiger partial charge on any atom is 1.00 e. The van der Waals surface area contributed by atoms with E-state index in [2.05, 4.69) is 5.32 Å².